The first kappa shape index (κ1) is 18.7. The van der Waals surface area contributed by atoms with Crippen LogP contribution in [0.3, 0.4) is 0 Å². The van der Waals surface area contributed by atoms with Crippen molar-refractivity contribution in [2.75, 3.05) is 5.32 Å². The third kappa shape index (κ3) is 4.48. The average Bonchev–Trinajstić information content (AvgIpc) is 3.36. The van der Waals surface area contributed by atoms with Crippen molar-refractivity contribution < 1.29 is 0 Å². The number of hydrogen-bond acceptors (Lipinski definition) is 5. The van der Waals surface area contributed by atoms with Gasteiger partial charge in [0.05, 0.1) is 5.69 Å². The Hall–Kier alpha value is -4.32. The van der Waals surface area contributed by atoms with Crippen molar-refractivity contribution in [2.24, 2.45) is 0 Å². The van der Waals surface area contributed by atoms with Crippen molar-refractivity contribution in [1.29, 1.82) is 0 Å². The zero-order valence-electron chi connectivity index (χ0n) is 16.7. The van der Waals surface area contributed by atoms with Gasteiger partial charge in [0.2, 0.25) is 5.95 Å². The summed E-state index contributed by atoms with van der Waals surface area (Å²) in [6.45, 7) is 0. The number of benzene rings is 3. The summed E-state index contributed by atoms with van der Waals surface area (Å²) >= 11 is 0. The van der Waals surface area contributed by atoms with Gasteiger partial charge in [-0.25, -0.2) is 15.0 Å². The molecule has 0 aliphatic rings. The molecule has 0 aliphatic carbocycles. The molecule has 0 atom stereocenters. The highest BCUT2D eigenvalue weighted by Crippen LogP contribution is 2.23. The molecule has 0 spiro atoms. The second-order valence-electron chi connectivity index (χ2n) is 7.17. The Bertz CT molecular complexity index is 1280. The summed E-state index contributed by atoms with van der Waals surface area (Å²) in [4.78, 5) is 13.3. The van der Waals surface area contributed by atoms with E-state index in [9.17, 15) is 0 Å². The van der Waals surface area contributed by atoms with Gasteiger partial charge in [-0.15, -0.1) is 0 Å². The molecule has 0 saturated carbocycles. The van der Waals surface area contributed by atoms with Crippen LogP contribution in [0.2, 0.25) is 0 Å². The van der Waals surface area contributed by atoms with E-state index in [4.69, 9.17) is 4.98 Å². The second kappa shape index (κ2) is 8.59. The fraction of sp³-hybridized carbons (Fsp3) is 0.0400. The number of anilines is 2. The summed E-state index contributed by atoms with van der Waals surface area (Å²) in [5.41, 5.74) is 6.29. The second-order valence-corrected chi connectivity index (χ2v) is 7.17. The lowest BCUT2D eigenvalue weighted by atomic mass is 10.0. The summed E-state index contributed by atoms with van der Waals surface area (Å²) in [7, 11) is 0. The lowest BCUT2D eigenvalue weighted by Gasteiger charge is -2.09. The zero-order valence-corrected chi connectivity index (χ0v) is 16.7. The van der Waals surface area contributed by atoms with Gasteiger partial charge < -0.3 is 5.32 Å². The van der Waals surface area contributed by atoms with Gasteiger partial charge in [0.15, 0.2) is 5.82 Å². The number of H-pyrrole nitrogens is 1. The predicted molar refractivity (Wildman–Crippen MR) is 122 cm³/mol. The molecule has 0 saturated heterocycles. The van der Waals surface area contributed by atoms with Gasteiger partial charge >= 0.3 is 0 Å². The molecule has 5 rings (SSSR count). The number of nitrogens with zero attached hydrogens (tertiary/aromatic N) is 4. The van der Waals surface area contributed by atoms with Crippen LogP contribution in [-0.2, 0) is 6.42 Å². The molecule has 6 nitrogen and oxygen atoms in total. The number of rotatable bonds is 6. The van der Waals surface area contributed by atoms with E-state index in [0.29, 0.717) is 11.8 Å². The Labute approximate surface area is 180 Å². The Morgan fingerprint density at radius 1 is 0.742 bits per heavy atom. The highest BCUT2D eigenvalue weighted by Gasteiger charge is 2.06. The van der Waals surface area contributed by atoms with E-state index in [1.165, 1.54) is 17.5 Å². The molecular formula is C25H20N6. The highest BCUT2D eigenvalue weighted by molar-refractivity contribution is 5.66. The molecule has 31 heavy (non-hydrogen) atoms. The average molecular weight is 404 g/mol. The third-order valence-corrected chi connectivity index (χ3v) is 4.94. The van der Waals surface area contributed by atoms with E-state index >= 15 is 0 Å². The zero-order chi connectivity index (χ0) is 20.9. The summed E-state index contributed by atoms with van der Waals surface area (Å²) in [6.07, 6.45) is 4.15. The van der Waals surface area contributed by atoms with Crippen LogP contribution in [0, 0.1) is 0 Å². The predicted octanol–water partition coefficient (Wildman–Crippen LogP) is 5.26. The minimum Gasteiger partial charge on any atom is -0.324 e. The summed E-state index contributed by atoms with van der Waals surface area (Å²) < 4.78 is 0. The molecule has 5 aromatic rings. The normalized spacial score (nSPS) is 10.7. The van der Waals surface area contributed by atoms with Crippen LogP contribution in [0.1, 0.15) is 11.1 Å². The number of aromatic nitrogens is 5. The minimum absolute atomic E-state index is 0.542. The van der Waals surface area contributed by atoms with Crippen molar-refractivity contribution in [3.8, 4) is 22.6 Å². The molecule has 2 aromatic heterocycles. The van der Waals surface area contributed by atoms with Crippen LogP contribution < -0.4 is 5.32 Å². The molecule has 0 amide bonds. The molecule has 2 heterocycles. The van der Waals surface area contributed by atoms with E-state index in [2.05, 4.69) is 74.0 Å². The van der Waals surface area contributed by atoms with Crippen LogP contribution in [0.5, 0.6) is 0 Å². The smallest absolute Gasteiger partial charge is 0.227 e. The Morgan fingerprint density at radius 3 is 2.45 bits per heavy atom. The molecule has 6 heteroatoms. The molecule has 2 N–H and O–H groups in total. The fourth-order valence-electron chi connectivity index (χ4n) is 3.47. The van der Waals surface area contributed by atoms with Gasteiger partial charge in [-0.3, -0.25) is 5.10 Å². The standard InChI is InChI=1S/C25H20N6/c1-2-6-18(7-3-1)14-19-8-4-9-20(15-19)23-12-13-26-25(30-23)29-22-11-5-10-21(16-22)24-27-17-28-31-24/h1-13,15-17H,14H2,(H,26,29,30)(H,27,28,31). The van der Waals surface area contributed by atoms with Crippen LogP contribution in [0.25, 0.3) is 22.6 Å². The molecule has 150 valence electrons. The molecule has 0 bridgehead atoms. The Kier molecular flexibility index (Phi) is 5.18. The minimum atomic E-state index is 0.542. The third-order valence-electron chi connectivity index (χ3n) is 4.94. The van der Waals surface area contributed by atoms with Crippen LogP contribution >= 0.6 is 0 Å². The molecule has 0 aliphatic heterocycles. The maximum absolute atomic E-state index is 4.72. The Morgan fingerprint density at radius 2 is 1.58 bits per heavy atom. The summed E-state index contributed by atoms with van der Waals surface area (Å²) in [5, 5.41) is 10.1. The van der Waals surface area contributed by atoms with Gasteiger partial charge in [-0.1, -0.05) is 60.7 Å². The molecule has 0 unspecified atom stereocenters. The van der Waals surface area contributed by atoms with Crippen molar-refractivity contribution in [3.63, 3.8) is 0 Å². The topological polar surface area (TPSA) is 79.4 Å². The summed E-state index contributed by atoms with van der Waals surface area (Å²) in [5.74, 6) is 1.26. The van der Waals surface area contributed by atoms with Gasteiger partial charge in [0.25, 0.3) is 0 Å². The van der Waals surface area contributed by atoms with E-state index in [1.807, 2.05) is 36.4 Å². The molecule has 0 fully saturated rings. The maximum Gasteiger partial charge on any atom is 0.227 e. The Balaban J connectivity index is 1.37. The first-order chi connectivity index (χ1) is 15.3. The van der Waals surface area contributed by atoms with Crippen molar-refractivity contribution in [3.05, 3.63) is 109 Å². The lowest BCUT2D eigenvalue weighted by Crippen LogP contribution is -1.98. The number of aromatic amines is 1. The first-order valence-electron chi connectivity index (χ1n) is 10.0. The van der Waals surface area contributed by atoms with Crippen molar-refractivity contribution >= 4 is 11.6 Å². The number of nitrogens with one attached hydrogen (secondary N) is 2. The monoisotopic (exact) mass is 404 g/mol. The van der Waals surface area contributed by atoms with Gasteiger partial charge in [0.1, 0.15) is 6.33 Å². The van der Waals surface area contributed by atoms with Crippen LogP contribution in [0.15, 0.2) is 97.5 Å². The van der Waals surface area contributed by atoms with E-state index in [1.54, 1.807) is 6.20 Å². The molecular weight excluding hydrogens is 384 g/mol. The van der Waals surface area contributed by atoms with E-state index in [-0.39, 0.29) is 0 Å². The van der Waals surface area contributed by atoms with Crippen LogP contribution in [-0.4, -0.2) is 25.1 Å². The SMILES string of the molecule is c1ccc(Cc2cccc(-c3ccnc(Nc4cccc(-c5ncn[nH]5)c4)n3)c2)cc1. The quantitative estimate of drug-likeness (QED) is 0.403. The van der Waals surface area contributed by atoms with Gasteiger partial charge in [-0.05, 0) is 41.8 Å². The fourth-order valence-corrected chi connectivity index (χ4v) is 3.47. The van der Waals surface area contributed by atoms with Crippen LogP contribution in [0.4, 0.5) is 11.6 Å². The van der Waals surface area contributed by atoms with Crippen molar-refractivity contribution in [1.82, 2.24) is 25.1 Å². The maximum atomic E-state index is 4.72. The van der Waals surface area contributed by atoms with Gasteiger partial charge in [-0.2, -0.15) is 5.10 Å². The van der Waals surface area contributed by atoms with E-state index in [0.717, 1.165) is 28.9 Å². The highest BCUT2D eigenvalue weighted by atomic mass is 15.2. The molecule has 3 aromatic carbocycles. The summed E-state index contributed by atoms with van der Waals surface area (Å²) in [6, 6.07) is 28.8. The largest absolute Gasteiger partial charge is 0.324 e. The molecule has 0 radical (unpaired) electrons. The lowest BCUT2D eigenvalue weighted by molar-refractivity contribution is 1.09. The van der Waals surface area contributed by atoms with Gasteiger partial charge in [0, 0.05) is 23.0 Å². The van der Waals surface area contributed by atoms with Crippen molar-refractivity contribution in [2.45, 2.75) is 6.42 Å². The number of hydrogen-bond donors (Lipinski definition) is 2. The first-order valence-corrected chi connectivity index (χ1v) is 10.0. The van der Waals surface area contributed by atoms with E-state index < -0.39 is 0 Å².